The molecule has 1 heterocycles. The third-order valence-corrected chi connectivity index (χ3v) is 4.48. The average molecular weight is 391 g/mol. The number of thiophene rings is 1. The first-order valence-corrected chi connectivity index (χ1v) is 9.71. The van der Waals surface area contributed by atoms with E-state index < -0.39 is 11.7 Å². The number of carbonyl (C=O) groups excluding carboxylic acids is 2. The van der Waals surface area contributed by atoms with Crippen LogP contribution < -0.4 is 5.32 Å². The number of alkyl carbamates (subject to hydrolysis) is 1. The Morgan fingerprint density at radius 1 is 1.19 bits per heavy atom. The molecule has 2 aromatic rings. The summed E-state index contributed by atoms with van der Waals surface area (Å²) in [5, 5.41) is 14.6. The number of rotatable bonds is 7. The Morgan fingerprint density at radius 2 is 1.93 bits per heavy atom. The summed E-state index contributed by atoms with van der Waals surface area (Å²) in [7, 11) is 0. The van der Waals surface area contributed by atoms with Crippen LogP contribution in [0.25, 0.3) is 0 Å². The van der Waals surface area contributed by atoms with Crippen LogP contribution in [-0.2, 0) is 11.3 Å². The summed E-state index contributed by atoms with van der Waals surface area (Å²) in [6, 6.07) is 10.4. The standard InChI is InChI=1S/C20H26N2O4S/c1-20(2,3)26-19(25)21-11-7-12-22(14-15-8-6-13-27-15)18(24)16-9-4-5-10-17(16)23/h4-6,8-10,13,23H,7,11-12,14H2,1-3H3,(H,21,25). The van der Waals surface area contributed by atoms with Crippen molar-refractivity contribution >= 4 is 23.3 Å². The molecule has 0 atom stereocenters. The predicted molar refractivity (Wildman–Crippen MR) is 106 cm³/mol. The molecule has 0 saturated carbocycles. The van der Waals surface area contributed by atoms with Gasteiger partial charge in [-0.25, -0.2) is 4.79 Å². The van der Waals surface area contributed by atoms with E-state index >= 15 is 0 Å². The Hall–Kier alpha value is -2.54. The zero-order valence-corrected chi connectivity index (χ0v) is 16.7. The van der Waals surface area contributed by atoms with Gasteiger partial charge in [-0.05, 0) is 50.8 Å². The minimum absolute atomic E-state index is 0.0365. The number of hydrogen-bond acceptors (Lipinski definition) is 5. The van der Waals surface area contributed by atoms with E-state index in [2.05, 4.69) is 5.32 Å². The molecule has 1 aromatic heterocycles. The normalized spacial score (nSPS) is 11.1. The maximum atomic E-state index is 12.9. The van der Waals surface area contributed by atoms with Crippen molar-refractivity contribution in [3.05, 3.63) is 52.2 Å². The zero-order chi connectivity index (χ0) is 19.9. The lowest BCUT2D eigenvalue weighted by Gasteiger charge is -2.23. The molecule has 0 spiro atoms. The van der Waals surface area contributed by atoms with Gasteiger partial charge >= 0.3 is 6.09 Å². The van der Waals surface area contributed by atoms with E-state index in [9.17, 15) is 14.7 Å². The van der Waals surface area contributed by atoms with Crippen molar-refractivity contribution in [3.8, 4) is 5.75 Å². The highest BCUT2D eigenvalue weighted by molar-refractivity contribution is 7.09. The number of hydrogen-bond donors (Lipinski definition) is 2. The summed E-state index contributed by atoms with van der Waals surface area (Å²) < 4.78 is 5.20. The Kier molecular flexibility index (Phi) is 7.24. The van der Waals surface area contributed by atoms with Crippen LogP contribution in [0, 0.1) is 0 Å². The van der Waals surface area contributed by atoms with Crippen LogP contribution in [-0.4, -0.2) is 40.7 Å². The molecule has 0 bridgehead atoms. The maximum absolute atomic E-state index is 12.9. The van der Waals surface area contributed by atoms with E-state index in [4.69, 9.17) is 4.74 Å². The third-order valence-electron chi connectivity index (χ3n) is 3.62. The quantitative estimate of drug-likeness (QED) is 0.700. The van der Waals surface area contributed by atoms with Crippen LogP contribution in [0.15, 0.2) is 41.8 Å². The van der Waals surface area contributed by atoms with Gasteiger partial charge in [0.2, 0.25) is 0 Å². The number of phenols is 1. The van der Waals surface area contributed by atoms with Crippen molar-refractivity contribution in [2.24, 2.45) is 0 Å². The lowest BCUT2D eigenvalue weighted by molar-refractivity contribution is 0.0525. The smallest absolute Gasteiger partial charge is 0.407 e. The molecule has 27 heavy (non-hydrogen) atoms. The van der Waals surface area contributed by atoms with E-state index in [1.54, 1.807) is 55.2 Å². The van der Waals surface area contributed by atoms with Crippen molar-refractivity contribution in [1.82, 2.24) is 10.2 Å². The second-order valence-corrected chi connectivity index (χ2v) is 8.14. The van der Waals surface area contributed by atoms with E-state index in [0.29, 0.717) is 26.1 Å². The van der Waals surface area contributed by atoms with Crippen molar-refractivity contribution in [1.29, 1.82) is 0 Å². The number of amides is 2. The first kappa shape index (κ1) is 20.8. The molecule has 0 aliphatic carbocycles. The molecule has 1 aromatic carbocycles. The van der Waals surface area contributed by atoms with Gasteiger partial charge in [-0.15, -0.1) is 11.3 Å². The number of para-hydroxylation sites is 1. The van der Waals surface area contributed by atoms with Gasteiger partial charge in [0.25, 0.3) is 5.91 Å². The molecule has 0 aliphatic rings. The number of aromatic hydroxyl groups is 1. The zero-order valence-electron chi connectivity index (χ0n) is 15.9. The predicted octanol–water partition coefficient (Wildman–Crippen LogP) is 4.01. The summed E-state index contributed by atoms with van der Waals surface area (Å²) in [6.07, 6.45) is 0.101. The first-order chi connectivity index (χ1) is 12.8. The van der Waals surface area contributed by atoms with Crippen LogP contribution in [0.5, 0.6) is 5.75 Å². The van der Waals surface area contributed by atoms with Gasteiger partial charge in [-0.2, -0.15) is 0 Å². The van der Waals surface area contributed by atoms with Gasteiger partial charge in [0.1, 0.15) is 11.4 Å². The summed E-state index contributed by atoms with van der Waals surface area (Å²) in [5.41, 5.74) is -0.273. The summed E-state index contributed by atoms with van der Waals surface area (Å²) in [5.74, 6) is -0.274. The van der Waals surface area contributed by atoms with Crippen molar-refractivity contribution in [2.75, 3.05) is 13.1 Å². The second kappa shape index (κ2) is 9.41. The molecule has 0 fully saturated rings. The third kappa shape index (κ3) is 6.94. The summed E-state index contributed by atoms with van der Waals surface area (Å²) in [4.78, 5) is 27.3. The molecule has 146 valence electrons. The van der Waals surface area contributed by atoms with Crippen LogP contribution >= 0.6 is 11.3 Å². The van der Waals surface area contributed by atoms with E-state index in [-0.39, 0.29) is 17.2 Å². The molecular formula is C20H26N2O4S. The molecule has 0 radical (unpaired) electrons. The molecule has 7 heteroatoms. The second-order valence-electron chi connectivity index (χ2n) is 7.11. The van der Waals surface area contributed by atoms with Crippen LogP contribution in [0.4, 0.5) is 4.79 Å². The van der Waals surface area contributed by atoms with Gasteiger partial charge in [0.15, 0.2) is 0 Å². The number of nitrogens with one attached hydrogen (secondary N) is 1. The number of carbonyl (C=O) groups is 2. The fourth-order valence-electron chi connectivity index (χ4n) is 2.44. The van der Waals surface area contributed by atoms with Crippen LogP contribution in [0.3, 0.4) is 0 Å². The van der Waals surface area contributed by atoms with Crippen molar-refractivity contribution < 1.29 is 19.4 Å². The minimum atomic E-state index is -0.546. The molecule has 2 rings (SSSR count). The molecule has 0 aliphatic heterocycles. The van der Waals surface area contributed by atoms with Crippen molar-refractivity contribution in [3.63, 3.8) is 0 Å². The fraction of sp³-hybridized carbons (Fsp3) is 0.400. The van der Waals surface area contributed by atoms with E-state index in [1.807, 2.05) is 17.5 Å². The highest BCUT2D eigenvalue weighted by Crippen LogP contribution is 2.20. The van der Waals surface area contributed by atoms with Crippen LogP contribution in [0.2, 0.25) is 0 Å². The number of benzene rings is 1. The van der Waals surface area contributed by atoms with Gasteiger partial charge in [0, 0.05) is 18.0 Å². The summed E-state index contributed by atoms with van der Waals surface area (Å²) >= 11 is 1.57. The highest BCUT2D eigenvalue weighted by atomic mass is 32.1. The SMILES string of the molecule is CC(C)(C)OC(=O)NCCCN(Cc1cccs1)C(=O)c1ccccc1O. The van der Waals surface area contributed by atoms with Gasteiger partial charge in [-0.1, -0.05) is 18.2 Å². The molecule has 6 nitrogen and oxygen atoms in total. The molecule has 2 amide bonds. The molecule has 0 unspecified atom stereocenters. The van der Waals surface area contributed by atoms with Gasteiger partial charge in [-0.3, -0.25) is 4.79 Å². The minimum Gasteiger partial charge on any atom is -0.507 e. The number of ether oxygens (including phenoxy) is 1. The van der Waals surface area contributed by atoms with Crippen molar-refractivity contribution in [2.45, 2.75) is 39.3 Å². The topological polar surface area (TPSA) is 78.9 Å². The number of nitrogens with zero attached hydrogens (tertiary/aromatic N) is 1. The number of phenolic OH excluding ortho intramolecular Hbond substituents is 1. The first-order valence-electron chi connectivity index (χ1n) is 8.83. The largest absolute Gasteiger partial charge is 0.507 e. The van der Waals surface area contributed by atoms with E-state index in [1.165, 1.54) is 6.07 Å². The summed E-state index contributed by atoms with van der Waals surface area (Å²) in [6.45, 7) is 6.71. The van der Waals surface area contributed by atoms with Gasteiger partial charge < -0.3 is 20.1 Å². The molecule has 2 N–H and O–H groups in total. The average Bonchev–Trinajstić information content (AvgIpc) is 3.09. The Balaban J connectivity index is 1.96. The fourth-order valence-corrected chi connectivity index (χ4v) is 3.16. The lowest BCUT2D eigenvalue weighted by atomic mass is 10.1. The highest BCUT2D eigenvalue weighted by Gasteiger charge is 2.20. The Morgan fingerprint density at radius 3 is 2.56 bits per heavy atom. The van der Waals surface area contributed by atoms with Gasteiger partial charge in [0.05, 0.1) is 12.1 Å². The monoisotopic (exact) mass is 390 g/mol. The Bertz CT molecular complexity index is 754. The Labute approximate surface area is 163 Å². The van der Waals surface area contributed by atoms with E-state index in [0.717, 1.165) is 4.88 Å². The molecule has 0 saturated heterocycles. The molecular weight excluding hydrogens is 364 g/mol. The lowest BCUT2D eigenvalue weighted by Crippen LogP contribution is -2.36. The maximum Gasteiger partial charge on any atom is 0.407 e. The van der Waals surface area contributed by atoms with Crippen LogP contribution in [0.1, 0.15) is 42.4 Å².